The third kappa shape index (κ3) is 4.26. The number of ether oxygens (including phenoxy) is 1. The summed E-state index contributed by atoms with van der Waals surface area (Å²) >= 11 is 12.8. The number of hydrogen-bond acceptors (Lipinski definition) is 4. The fourth-order valence-electron chi connectivity index (χ4n) is 5.77. The van der Waals surface area contributed by atoms with Crippen LogP contribution < -0.4 is 10.2 Å². The number of aryl methyl sites for hydroxylation is 1. The van der Waals surface area contributed by atoms with Crippen LogP contribution in [0.4, 0.5) is 10.5 Å². The molecule has 1 saturated heterocycles. The third-order valence-corrected chi connectivity index (χ3v) is 7.70. The molecule has 1 spiro atoms. The highest BCUT2D eigenvalue weighted by Gasteiger charge is 2.65. The number of fused-ring (bicyclic) bond motifs is 2. The van der Waals surface area contributed by atoms with Gasteiger partial charge < -0.3 is 10.1 Å². The quantitative estimate of drug-likeness (QED) is 0.377. The second-order valence-corrected chi connectivity index (χ2v) is 11.7. The summed E-state index contributed by atoms with van der Waals surface area (Å²) in [5.41, 5.74) is 1.15. The molecule has 196 valence electrons. The van der Waals surface area contributed by atoms with Crippen molar-refractivity contribution >= 4 is 46.8 Å². The molecule has 0 radical (unpaired) electrons. The van der Waals surface area contributed by atoms with E-state index in [4.69, 9.17) is 27.9 Å². The average molecular weight is 551 g/mol. The molecule has 3 atom stereocenters. The van der Waals surface area contributed by atoms with Gasteiger partial charge in [-0.3, -0.25) is 9.59 Å². The molecular formula is C30H28Cl2N2O4. The Bertz CT molecular complexity index is 1460. The minimum Gasteiger partial charge on any atom is -0.443 e. The van der Waals surface area contributed by atoms with Crippen molar-refractivity contribution < 1.29 is 19.1 Å². The first-order valence-corrected chi connectivity index (χ1v) is 13.2. The van der Waals surface area contributed by atoms with Crippen LogP contribution in [-0.4, -0.2) is 23.5 Å². The number of imide groups is 1. The van der Waals surface area contributed by atoms with Crippen molar-refractivity contribution in [2.75, 3.05) is 4.90 Å². The molecule has 0 unspecified atom stereocenters. The van der Waals surface area contributed by atoms with Crippen molar-refractivity contribution in [2.24, 2.45) is 0 Å². The molecular weight excluding hydrogens is 523 g/mol. The number of rotatable bonds is 2. The Kier molecular flexibility index (Phi) is 6.52. The first kappa shape index (κ1) is 26.3. The molecule has 3 aromatic carbocycles. The van der Waals surface area contributed by atoms with Crippen LogP contribution in [0.3, 0.4) is 0 Å². The predicted octanol–water partition coefficient (Wildman–Crippen LogP) is 6.87. The maximum absolute atomic E-state index is 14.8. The number of piperidine rings is 1. The molecule has 2 aliphatic heterocycles. The van der Waals surface area contributed by atoms with Crippen LogP contribution in [0, 0.1) is 6.92 Å². The first-order valence-electron chi connectivity index (χ1n) is 12.4. The Labute approximate surface area is 231 Å². The summed E-state index contributed by atoms with van der Waals surface area (Å²) in [7, 11) is 0. The van der Waals surface area contributed by atoms with Crippen LogP contribution in [0.2, 0.25) is 10.0 Å². The maximum Gasteiger partial charge on any atom is 0.421 e. The summed E-state index contributed by atoms with van der Waals surface area (Å²) in [5, 5.41) is 3.97. The maximum atomic E-state index is 14.8. The van der Waals surface area contributed by atoms with E-state index >= 15 is 0 Å². The highest BCUT2D eigenvalue weighted by molar-refractivity contribution is 6.32. The van der Waals surface area contributed by atoms with Gasteiger partial charge in [0.1, 0.15) is 11.0 Å². The second kappa shape index (κ2) is 9.44. The zero-order chi connectivity index (χ0) is 27.4. The Morgan fingerprint density at radius 2 is 1.71 bits per heavy atom. The minimum absolute atomic E-state index is 0.0265. The Morgan fingerprint density at radius 3 is 2.39 bits per heavy atom. The normalized spacial score (nSPS) is 22.8. The topological polar surface area (TPSA) is 75.7 Å². The SMILES string of the molecule is Cc1ccccc1[C@H]1NC(=O)C[C@@H](c2cccc(Cl)c2)[C@]12C(=O)N(C(=O)OC(C)(C)C)c1cc(Cl)ccc12. The number of halogens is 2. The number of hydrogen-bond donors (Lipinski definition) is 1. The number of carbonyl (C=O) groups is 3. The Hall–Kier alpha value is -3.35. The van der Waals surface area contributed by atoms with Gasteiger partial charge in [0.25, 0.3) is 0 Å². The lowest BCUT2D eigenvalue weighted by Gasteiger charge is -2.47. The number of nitrogens with one attached hydrogen (secondary N) is 1. The largest absolute Gasteiger partial charge is 0.443 e. The number of amides is 3. The van der Waals surface area contributed by atoms with Gasteiger partial charge in [-0.2, -0.15) is 0 Å². The summed E-state index contributed by atoms with van der Waals surface area (Å²) in [6.07, 6.45) is -0.772. The molecule has 3 amide bonds. The van der Waals surface area contributed by atoms with Gasteiger partial charge in [-0.25, -0.2) is 9.69 Å². The van der Waals surface area contributed by atoms with Gasteiger partial charge in [-0.1, -0.05) is 65.7 Å². The van der Waals surface area contributed by atoms with E-state index < -0.39 is 35.0 Å². The van der Waals surface area contributed by atoms with E-state index in [-0.39, 0.29) is 12.3 Å². The van der Waals surface area contributed by atoms with Gasteiger partial charge in [0.05, 0.1) is 11.7 Å². The molecule has 2 heterocycles. The lowest BCUT2D eigenvalue weighted by molar-refractivity contribution is -0.132. The zero-order valence-corrected chi connectivity index (χ0v) is 23.1. The van der Waals surface area contributed by atoms with E-state index in [1.165, 1.54) is 0 Å². The van der Waals surface area contributed by atoms with Gasteiger partial charge in [-0.05, 0) is 74.2 Å². The van der Waals surface area contributed by atoms with Gasteiger partial charge in [0.15, 0.2) is 0 Å². The molecule has 1 N–H and O–H groups in total. The van der Waals surface area contributed by atoms with Crippen LogP contribution in [0.1, 0.15) is 61.4 Å². The van der Waals surface area contributed by atoms with Crippen molar-refractivity contribution in [3.63, 3.8) is 0 Å². The monoisotopic (exact) mass is 550 g/mol. The van der Waals surface area contributed by atoms with E-state index in [9.17, 15) is 14.4 Å². The lowest BCUT2D eigenvalue weighted by atomic mass is 9.59. The Morgan fingerprint density at radius 1 is 1.00 bits per heavy atom. The number of benzene rings is 3. The van der Waals surface area contributed by atoms with Gasteiger partial charge >= 0.3 is 6.09 Å². The van der Waals surface area contributed by atoms with Crippen LogP contribution >= 0.6 is 23.2 Å². The molecule has 3 aromatic rings. The molecule has 5 rings (SSSR count). The molecule has 0 aliphatic carbocycles. The average Bonchev–Trinajstić information content (AvgIpc) is 3.07. The van der Waals surface area contributed by atoms with Crippen molar-refractivity contribution in [3.8, 4) is 0 Å². The second-order valence-electron chi connectivity index (χ2n) is 10.8. The smallest absolute Gasteiger partial charge is 0.421 e. The van der Waals surface area contributed by atoms with Crippen molar-refractivity contribution in [3.05, 3.63) is 99.0 Å². The standard InChI is InChI=1S/C30H28Cl2N2O4/c1-17-8-5-6-11-21(17)26-30(23(16-25(35)33-26)18-9-7-10-19(31)14-18)22-13-12-20(32)15-24(22)34(27(30)36)28(37)38-29(2,3)4/h5-15,23,26H,16H2,1-4H3,(H,33,35)/t23-,26+,30-/m0/s1. The number of anilines is 1. The van der Waals surface area contributed by atoms with Crippen molar-refractivity contribution in [1.82, 2.24) is 5.32 Å². The molecule has 0 bridgehead atoms. The van der Waals surface area contributed by atoms with Gasteiger partial charge in [0.2, 0.25) is 11.8 Å². The van der Waals surface area contributed by atoms with Crippen LogP contribution in [0.5, 0.6) is 0 Å². The highest BCUT2D eigenvalue weighted by atomic mass is 35.5. The van der Waals surface area contributed by atoms with E-state index in [0.29, 0.717) is 21.3 Å². The van der Waals surface area contributed by atoms with Crippen LogP contribution in [-0.2, 0) is 19.7 Å². The summed E-state index contributed by atoms with van der Waals surface area (Å²) < 4.78 is 5.68. The number of nitrogens with zero attached hydrogens (tertiary/aromatic N) is 1. The summed E-state index contributed by atoms with van der Waals surface area (Å²) in [6, 6.07) is 19.1. The predicted molar refractivity (Wildman–Crippen MR) is 148 cm³/mol. The molecule has 2 aliphatic rings. The minimum atomic E-state index is -1.37. The van der Waals surface area contributed by atoms with E-state index in [1.54, 1.807) is 57.2 Å². The fourth-order valence-corrected chi connectivity index (χ4v) is 6.14. The summed E-state index contributed by atoms with van der Waals surface area (Å²) in [6.45, 7) is 7.16. The highest BCUT2D eigenvalue weighted by Crippen LogP contribution is 2.59. The van der Waals surface area contributed by atoms with Crippen LogP contribution in [0.15, 0.2) is 66.7 Å². The molecule has 38 heavy (non-hydrogen) atoms. The van der Waals surface area contributed by atoms with E-state index in [1.807, 2.05) is 37.3 Å². The molecule has 0 aromatic heterocycles. The van der Waals surface area contributed by atoms with Gasteiger partial charge in [-0.15, -0.1) is 0 Å². The Balaban J connectivity index is 1.84. The van der Waals surface area contributed by atoms with Crippen molar-refractivity contribution in [1.29, 1.82) is 0 Å². The van der Waals surface area contributed by atoms with Crippen LogP contribution in [0.25, 0.3) is 0 Å². The zero-order valence-electron chi connectivity index (χ0n) is 21.5. The molecule has 6 nitrogen and oxygen atoms in total. The third-order valence-electron chi connectivity index (χ3n) is 7.23. The lowest BCUT2D eigenvalue weighted by Crippen LogP contribution is -2.59. The first-order chi connectivity index (χ1) is 17.9. The summed E-state index contributed by atoms with van der Waals surface area (Å²) in [5.74, 6) is -1.31. The summed E-state index contributed by atoms with van der Waals surface area (Å²) in [4.78, 5) is 42.8. The van der Waals surface area contributed by atoms with E-state index in [2.05, 4.69) is 5.32 Å². The molecule has 0 saturated carbocycles. The van der Waals surface area contributed by atoms with Crippen molar-refractivity contribution in [2.45, 2.75) is 57.1 Å². The molecule has 1 fully saturated rings. The van der Waals surface area contributed by atoms with Gasteiger partial charge in [0, 0.05) is 22.4 Å². The fraction of sp³-hybridized carbons (Fsp3) is 0.300. The molecule has 8 heteroatoms. The number of carbonyl (C=O) groups excluding carboxylic acids is 3. The van der Waals surface area contributed by atoms with E-state index in [0.717, 1.165) is 21.6 Å².